The highest BCUT2D eigenvalue weighted by Gasteiger charge is 2.21. The van der Waals surface area contributed by atoms with Gasteiger partial charge in [0, 0.05) is 19.2 Å². The van der Waals surface area contributed by atoms with Gasteiger partial charge in [0.15, 0.2) is 0 Å². The van der Waals surface area contributed by atoms with Crippen LogP contribution in [0.15, 0.2) is 17.0 Å². The highest BCUT2D eigenvalue weighted by molar-refractivity contribution is 7.89. The normalized spacial score (nSPS) is 13.0. The quantitative estimate of drug-likeness (QED) is 0.899. The van der Waals surface area contributed by atoms with Crippen molar-refractivity contribution in [1.29, 1.82) is 0 Å². The van der Waals surface area contributed by atoms with Crippen LogP contribution in [0.2, 0.25) is 5.02 Å². The van der Waals surface area contributed by atoms with Gasteiger partial charge in [0.25, 0.3) is 5.91 Å². The molecule has 0 saturated heterocycles. The Morgan fingerprint density at radius 3 is 2.48 bits per heavy atom. The summed E-state index contributed by atoms with van der Waals surface area (Å²) in [6.07, 6.45) is 0.958. The second-order valence-corrected chi connectivity index (χ2v) is 7.26. The number of hydrogen-bond acceptors (Lipinski definition) is 3. The number of sulfonamides is 1. The molecule has 1 atom stereocenters. The van der Waals surface area contributed by atoms with E-state index in [9.17, 15) is 13.2 Å². The third kappa shape index (κ3) is 4.43. The van der Waals surface area contributed by atoms with Gasteiger partial charge in [0.1, 0.15) is 4.90 Å². The maximum absolute atomic E-state index is 12.4. The summed E-state index contributed by atoms with van der Waals surface area (Å²) >= 11 is 5.96. The first kappa shape index (κ1) is 17.9. The number of aryl methyl sites for hydroxylation is 1. The summed E-state index contributed by atoms with van der Waals surface area (Å²) in [5.74, 6) is 0.116. The summed E-state index contributed by atoms with van der Waals surface area (Å²) < 4.78 is 23.1. The van der Waals surface area contributed by atoms with Crippen LogP contribution in [-0.2, 0) is 10.0 Å². The van der Waals surface area contributed by atoms with Crippen LogP contribution in [0.25, 0.3) is 0 Å². The molecule has 2 N–H and O–H groups in total. The van der Waals surface area contributed by atoms with Crippen molar-refractivity contribution in [3.8, 4) is 0 Å². The van der Waals surface area contributed by atoms with Crippen molar-refractivity contribution in [3.05, 3.63) is 28.3 Å². The van der Waals surface area contributed by atoms with Crippen LogP contribution in [0.5, 0.6) is 0 Å². The van der Waals surface area contributed by atoms with Gasteiger partial charge in [-0.25, -0.2) is 13.6 Å². The zero-order valence-corrected chi connectivity index (χ0v) is 14.3. The Labute approximate surface area is 131 Å². The Hall–Kier alpha value is -1.11. The first-order valence-corrected chi connectivity index (χ1v) is 8.58. The fraction of sp³-hybridized carbons (Fsp3) is 0.500. The topological polar surface area (TPSA) is 80.5 Å². The number of benzene rings is 1. The molecule has 1 rings (SSSR count). The second kappa shape index (κ2) is 6.77. The predicted molar refractivity (Wildman–Crippen MR) is 84.0 cm³/mol. The minimum absolute atomic E-state index is 0.0543. The summed E-state index contributed by atoms with van der Waals surface area (Å²) in [6.45, 7) is 6.34. The van der Waals surface area contributed by atoms with Crippen molar-refractivity contribution in [2.24, 2.45) is 11.1 Å². The van der Waals surface area contributed by atoms with E-state index in [2.05, 4.69) is 6.92 Å². The van der Waals surface area contributed by atoms with Crippen molar-refractivity contribution in [2.75, 3.05) is 13.6 Å². The number of hydrogen-bond donors (Lipinski definition) is 1. The zero-order valence-electron chi connectivity index (χ0n) is 12.7. The molecule has 0 aromatic heterocycles. The molecule has 1 unspecified atom stereocenters. The highest BCUT2D eigenvalue weighted by atomic mass is 35.5. The molecule has 0 bridgehead atoms. The average Bonchev–Trinajstić information content (AvgIpc) is 2.39. The molecular formula is C14H21ClN2O3S. The minimum atomic E-state index is -3.97. The Morgan fingerprint density at radius 2 is 2.00 bits per heavy atom. The maximum atomic E-state index is 12.4. The summed E-state index contributed by atoms with van der Waals surface area (Å²) in [6, 6.07) is 2.81. The maximum Gasteiger partial charge on any atom is 0.253 e. The standard InChI is InChI=1S/C14H21ClN2O3S/c1-5-9(2)8-17(4)14(18)11-6-10(3)13(15)12(7-11)21(16,19)20/h6-7,9H,5,8H2,1-4H3,(H2,16,19,20). The third-order valence-electron chi connectivity index (χ3n) is 3.40. The molecule has 0 heterocycles. The van der Waals surface area contributed by atoms with E-state index in [1.54, 1.807) is 24.9 Å². The van der Waals surface area contributed by atoms with E-state index in [0.717, 1.165) is 6.42 Å². The van der Waals surface area contributed by atoms with E-state index in [0.29, 0.717) is 18.0 Å². The Bertz CT molecular complexity index is 644. The highest BCUT2D eigenvalue weighted by Crippen LogP contribution is 2.26. The summed E-state index contributed by atoms with van der Waals surface area (Å²) in [4.78, 5) is 13.7. The molecule has 0 saturated carbocycles. The van der Waals surface area contributed by atoms with Gasteiger partial charge in [-0.3, -0.25) is 4.79 Å². The fourth-order valence-corrected chi connectivity index (χ4v) is 3.10. The molecule has 0 aliphatic rings. The van der Waals surface area contributed by atoms with E-state index >= 15 is 0 Å². The van der Waals surface area contributed by atoms with Gasteiger partial charge in [-0.15, -0.1) is 0 Å². The lowest BCUT2D eigenvalue weighted by molar-refractivity contribution is 0.0774. The first-order valence-electron chi connectivity index (χ1n) is 6.66. The third-order valence-corrected chi connectivity index (χ3v) is 4.95. The Balaban J connectivity index is 3.20. The molecule has 118 valence electrons. The predicted octanol–water partition coefficient (Wildman–Crippen LogP) is 2.41. The van der Waals surface area contributed by atoms with Crippen molar-refractivity contribution in [3.63, 3.8) is 0 Å². The number of nitrogens with zero attached hydrogens (tertiary/aromatic N) is 1. The lowest BCUT2D eigenvalue weighted by Gasteiger charge is -2.21. The SMILES string of the molecule is CCC(C)CN(C)C(=O)c1cc(C)c(Cl)c(S(N)(=O)=O)c1. The Morgan fingerprint density at radius 1 is 1.43 bits per heavy atom. The lowest BCUT2D eigenvalue weighted by atomic mass is 10.1. The molecule has 1 aromatic carbocycles. The molecule has 21 heavy (non-hydrogen) atoms. The number of rotatable bonds is 5. The fourth-order valence-electron chi connectivity index (χ4n) is 1.97. The smallest absolute Gasteiger partial charge is 0.253 e. The van der Waals surface area contributed by atoms with Crippen LogP contribution < -0.4 is 5.14 Å². The molecular weight excluding hydrogens is 312 g/mol. The van der Waals surface area contributed by atoms with Crippen LogP contribution in [0.4, 0.5) is 0 Å². The molecule has 5 nitrogen and oxygen atoms in total. The van der Waals surface area contributed by atoms with Crippen LogP contribution >= 0.6 is 11.6 Å². The zero-order chi connectivity index (χ0) is 16.4. The van der Waals surface area contributed by atoms with Gasteiger partial charge >= 0.3 is 0 Å². The van der Waals surface area contributed by atoms with Crippen molar-refractivity contribution in [1.82, 2.24) is 4.90 Å². The molecule has 1 amide bonds. The van der Waals surface area contributed by atoms with Gasteiger partial charge in [0.05, 0.1) is 5.02 Å². The van der Waals surface area contributed by atoms with Gasteiger partial charge in [-0.1, -0.05) is 31.9 Å². The van der Waals surface area contributed by atoms with Crippen LogP contribution in [0.3, 0.4) is 0 Å². The van der Waals surface area contributed by atoms with Crippen LogP contribution in [0, 0.1) is 12.8 Å². The molecule has 7 heteroatoms. The van der Waals surface area contributed by atoms with Gasteiger partial charge in [-0.05, 0) is 30.5 Å². The largest absolute Gasteiger partial charge is 0.341 e. The van der Waals surface area contributed by atoms with Crippen LogP contribution in [-0.4, -0.2) is 32.8 Å². The Kier molecular flexibility index (Phi) is 5.78. The molecule has 0 fully saturated rings. The molecule has 0 spiro atoms. The number of nitrogens with two attached hydrogens (primary N) is 1. The molecule has 1 aromatic rings. The number of amides is 1. The van der Waals surface area contributed by atoms with E-state index in [1.165, 1.54) is 6.07 Å². The monoisotopic (exact) mass is 332 g/mol. The number of carbonyl (C=O) groups is 1. The van der Waals surface area contributed by atoms with E-state index in [4.69, 9.17) is 16.7 Å². The van der Waals surface area contributed by atoms with Gasteiger partial charge in [-0.2, -0.15) is 0 Å². The van der Waals surface area contributed by atoms with Crippen molar-refractivity contribution < 1.29 is 13.2 Å². The minimum Gasteiger partial charge on any atom is -0.341 e. The lowest BCUT2D eigenvalue weighted by Crippen LogP contribution is -2.31. The van der Waals surface area contributed by atoms with E-state index in [-0.39, 0.29) is 21.4 Å². The second-order valence-electron chi connectivity index (χ2n) is 5.35. The van der Waals surface area contributed by atoms with Crippen LogP contribution in [0.1, 0.15) is 36.2 Å². The summed E-state index contributed by atoms with van der Waals surface area (Å²) in [5, 5.41) is 5.19. The van der Waals surface area contributed by atoms with Crippen molar-refractivity contribution in [2.45, 2.75) is 32.1 Å². The summed E-state index contributed by atoms with van der Waals surface area (Å²) in [5.41, 5.74) is 0.773. The average molecular weight is 333 g/mol. The molecule has 0 radical (unpaired) electrons. The van der Waals surface area contributed by atoms with Gasteiger partial charge in [0.2, 0.25) is 10.0 Å². The van der Waals surface area contributed by atoms with E-state index in [1.807, 2.05) is 6.92 Å². The van der Waals surface area contributed by atoms with Crippen molar-refractivity contribution >= 4 is 27.5 Å². The number of carbonyl (C=O) groups excluding carboxylic acids is 1. The molecule has 0 aliphatic carbocycles. The first-order chi connectivity index (χ1) is 9.57. The van der Waals surface area contributed by atoms with E-state index < -0.39 is 10.0 Å². The number of primary sulfonamides is 1. The molecule has 0 aliphatic heterocycles. The summed E-state index contributed by atoms with van der Waals surface area (Å²) in [7, 11) is -2.28. The number of halogens is 1. The van der Waals surface area contributed by atoms with Gasteiger partial charge < -0.3 is 4.90 Å².